The Kier molecular flexibility index (Phi) is 5.93. The van der Waals surface area contributed by atoms with Gasteiger partial charge in [0, 0.05) is 17.4 Å². The molecule has 0 amide bonds. The van der Waals surface area contributed by atoms with E-state index in [0.717, 1.165) is 6.07 Å². The van der Waals surface area contributed by atoms with Crippen molar-refractivity contribution in [2.45, 2.75) is 23.1 Å². The van der Waals surface area contributed by atoms with Crippen LogP contribution in [0.25, 0.3) is 0 Å². The van der Waals surface area contributed by atoms with E-state index < -0.39 is 26.7 Å². The lowest BCUT2D eigenvalue weighted by Crippen LogP contribution is -2.41. The van der Waals surface area contributed by atoms with E-state index in [4.69, 9.17) is 5.11 Å². The number of sulfonamides is 1. The predicted molar refractivity (Wildman–Crippen MR) is 77.3 cm³/mol. The first-order valence-electron chi connectivity index (χ1n) is 5.73. The molecule has 112 valence electrons. The highest BCUT2D eigenvalue weighted by Crippen LogP contribution is 2.23. The zero-order chi connectivity index (χ0) is 15.3. The number of nitrogens with zero attached hydrogens (tertiary/aromatic N) is 1. The lowest BCUT2D eigenvalue weighted by atomic mass is 10.3. The van der Waals surface area contributed by atoms with Crippen LogP contribution in [0.5, 0.6) is 0 Å². The van der Waals surface area contributed by atoms with Gasteiger partial charge in [-0.05, 0) is 19.2 Å². The second-order valence-electron chi connectivity index (χ2n) is 4.09. The van der Waals surface area contributed by atoms with Crippen molar-refractivity contribution in [2.24, 2.45) is 0 Å². The van der Waals surface area contributed by atoms with Crippen molar-refractivity contribution in [1.82, 2.24) is 4.72 Å². The van der Waals surface area contributed by atoms with E-state index in [0.29, 0.717) is 0 Å². The van der Waals surface area contributed by atoms with Crippen LogP contribution in [-0.4, -0.2) is 42.6 Å². The Hall–Kier alpha value is -1.16. The second kappa shape index (κ2) is 7.02. The summed E-state index contributed by atoms with van der Waals surface area (Å²) >= 11 is 1.31. The standard InChI is InChI=1S/C11H16N2O5S2/c1-8(10(7-14)19-2)12-20(17,18)11-6-4-3-5-9(11)13(15)16/h3-6,8,10,12,14H,7H2,1-2H3/t8-,10-/m0/s1. The molecular weight excluding hydrogens is 304 g/mol. The Balaban J connectivity index is 3.09. The molecule has 0 aliphatic rings. The molecule has 1 aromatic rings. The largest absolute Gasteiger partial charge is 0.395 e. The molecule has 0 saturated heterocycles. The Morgan fingerprint density at radius 1 is 1.45 bits per heavy atom. The zero-order valence-corrected chi connectivity index (χ0v) is 12.6. The second-order valence-corrected chi connectivity index (χ2v) is 6.85. The van der Waals surface area contributed by atoms with Crippen molar-refractivity contribution in [1.29, 1.82) is 0 Å². The summed E-state index contributed by atoms with van der Waals surface area (Å²) in [7, 11) is -4.02. The summed E-state index contributed by atoms with van der Waals surface area (Å²) in [5.41, 5.74) is -0.475. The minimum Gasteiger partial charge on any atom is -0.395 e. The summed E-state index contributed by atoms with van der Waals surface area (Å²) in [6, 6.07) is 4.58. The molecule has 0 bridgehead atoms. The molecule has 0 aliphatic carbocycles. The van der Waals surface area contributed by atoms with E-state index in [1.807, 2.05) is 0 Å². The number of nitro benzene ring substituents is 1. The molecule has 2 N–H and O–H groups in total. The number of benzene rings is 1. The lowest BCUT2D eigenvalue weighted by Gasteiger charge is -2.21. The van der Waals surface area contributed by atoms with Gasteiger partial charge in [-0.15, -0.1) is 0 Å². The van der Waals surface area contributed by atoms with Gasteiger partial charge in [0.1, 0.15) is 0 Å². The van der Waals surface area contributed by atoms with Crippen LogP contribution in [0.1, 0.15) is 6.92 Å². The van der Waals surface area contributed by atoms with Gasteiger partial charge in [0.05, 0.1) is 11.5 Å². The molecular formula is C11H16N2O5S2. The third-order valence-corrected chi connectivity index (χ3v) is 5.50. The van der Waals surface area contributed by atoms with Crippen molar-refractivity contribution >= 4 is 27.5 Å². The number of nitrogens with one attached hydrogen (secondary N) is 1. The summed E-state index contributed by atoms with van der Waals surface area (Å²) in [6.07, 6.45) is 1.75. The van der Waals surface area contributed by atoms with E-state index in [9.17, 15) is 18.5 Å². The molecule has 0 aromatic heterocycles. The van der Waals surface area contributed by atoms with Crippen LogP contribution in [-0.2, 0) is 10.0 Å². The SMILES string of the molecule is CS[C@@H](CO)[C@H](C)NS(=O)(=O)c1ccccc1[N+](=O)[O-]. The number of para-hydroxylation sites is 1. The molecule has 20 heavy (non-hydrogen) atoms. The molecule has 0 radical (unpaired) electrons. The third-order valence-electron chi connectivity index (χ3n) is 2.73. The summed E-state index contributed by atoms with van der Waals surface area (Å²) in [5, 5.41) is 19.7. The zero-order valence-electron chi connectivity index (χ0n) is 11.0. The number of thioether (sulfide) groups is 1. The average molecular weight is 320 g/mol. The van der Waals surface area contributed by atoms with Crippen molar-refractivity contribution in [3.63, 3.8) is 0 Å². The first-order valence-corrected chi connectivity index (χ1v) is 8.50. The van der Waals surface area contributed by atoms with Crippen LogP contribution in [0.2, 0.25) is 0 Å². The van der Waals surface area contributed by atoms with Crippen molar-refractivity contribution in [2.75, 3.05) is 12.9 Å². The maximum absolute atomic E-state index is 12.2. The maximum Gasteiger partial charge on any atom is 0.289 e. The summed E-state index contributed by atoms with van der Waals surface area (Å²) in [5.74, 6) is 0. The van der Waals surface area contributed by atoms with Gasteiger partial charge in [-0.1, -0.05) is 12.1 Å². The Bertz CT molecular complexity index is 572. The Morgan fingerprint density at radius 2 is 2.05 bits per heavy atom. The van der Waals surface area contributed by atoms with E-state index in [1.54, 1.807) is 13.2 Å². The molecule has 0 unspecified atom stereocenters. The minimum absolute atomic E-state index is 0.193. The van der Waals surface area contributed by atoms with Gasteiger partial charge in [0.25, 0.3) is 5.69 Å². The van der Waals surface area contributed by atoms with Crippen LogP contribution in [0, 0.1) is 10.1 Å². The van der Waals surface area contributed by atoms with Gasteiger partial charge in [-0.25, -0.2) is 13.1 Å². The maximum atomic E-state index is 12.2. The lowest BCUT2D eigenvalue weighted by molar-refractivity contribution is -0.387. The van der Waals surface area contributed by atoms with Crippen LogP contribution < -0.4 is 4.72 Å². The molecule has 2 atom stereocenters. The van der Waals surface area contributed by atoms with Gasteiger partial charge in [-0.2, -0.15) is 11.8 Å². The Labute approximate surface area is 121 Å². The quantitative estimate of drug-likeness (QED) is 0.572. The minimum atomic E-state index is -4.02. The molecule has 1 aromatic carbocycles. The van der Waals surface area contributed by atoms with Crippen LogP contribution in [0.4, 0.5) is 5.69 Å². The number of aliphatic hydroxyl groups excluding tert-OH is 1. The molecule has 0 spiro atoms. The highest BCUT2D eigenvalue weighted by Gasteiger charge is 2.28. The smallest absolute Gasteiger partial charge is 0.289 e. The topological polar surface area (TPSA) is 110 Å². The average Bonchev–Trinajstić information content (AvgIpc) is 2.39. The predicted octanol–water partition coefficient (Wildman–Crippen LogP) is 0.985. The fraction of sp³-hybridized carbons (Fsp3) is 0.455. The van der Waals surface area contributed by atoms with Gasteiger partial charge >= 0.3 is 0 Å². The van der Waals surface area contributed by atoms with Crippen LogP contribution >= 0.6 is 11.8 Å². The van der Waals surface area contributed by atoms with E-state index >= 15 is 0 Å². The summed E-state index contributed by atoms with van der Waals surface area (Å²) < 4.78 is 26.8. The molecule has 0 aliphatic heterocycles. The van der Waals surface area contributed by atoms with Crippen LogP contribution in [0.3, 0.4) is 0 Å². The molecule has 0 heterocycles. The van der Waals surface area contributed by atoms with Gasteiger partial charge < -0.3 is 5.11 Å². The number of rotatable bonds is 7. The fourth-order valence-electron chi connectivity index (χ4n) is 1.66. The molecule has 0 fully saturated rings. The van der Waals surface area contributed by atoms with Crippen molar-refractivity contribution in [3.8, 4) is 0 Å². The molecule has 7 nitrogen and oxygen atoms in total. The monoisotopic (exact) mass is 320 g/mol. The normalized spacial score (nSPS) is 14.8. The van der Waals surface area contributed by atoms with Crippen LogP contribution in [0.15, 0.2) is 29.2 Å². The van der Waals surface area contributed by atoms with Gasteiger partial charge in [0.2, 0.25) is 10.0 Å². The Morgan fingerprint density at radius 3 is 2.55 bits per heavy atom. The number of aliphatic hydroxyl groups is 1. The van der Waals surface area contributed by atoms with Crippen molar-refractivity contribution < 1.29 is 18.4 Å². The number of hydrogen-bond donors (Lipinski definition) is 2. The highest BCUT2D eigenvalue weighted by molar-refractivity contribution is 7.99. The molecule has 0 saturated carbocycles. The third kappa shape index (κ3) is 3.92. The fourth-order valence-corrected chi connectivity index (χ4v) is 3.82. The highest BCUT2D eigenvalue weighted by atomic mass is 32.2. The first kappa shape index (κ1) is 16.9. The molecule has 9 heteroatoms. The molecule has 1 rings (SSSR count). The van der Waals surface area contributed by atoms with Gasteiger partial charge in [0.15, 0.2) is 4.90 Å². The van der Waals surface area contributed by atoms with E-state index in [-0.39, 0.29) is 16.8 Å². The van der Waals surface area contributed by atoms with Crippen molar-refractivity contribution in [3.05, 3.63) is 34.4 Å². The summed E-state index contributed by atoms with van der Waals surface area (Å²) in [6.45, 7) is 1.41. The first-order chi connectivity index (χ1) is 9.33. The van der Waals surface area contributed by atoms with E-state index in [2.05, 4.69) is 4.72 Å². The van der Waals surface area contributed by atoms with E-state index in [1.165, 1.54) is 30.0 Å². The van der Waals surface area contributed by atoms with Gasteiger partial charge in [-0.3, -0.25) is 10.1 Å². The summed E-state index contributed by atoms with van der Waals surface area (Å²) in [4.78, 5) is 9.75. The number of hydrogen-bond acceptors (Lipinski definition) is 6. The number of nitro groups is 1.